The second-order valence-electron chi connectivity index (χ2n) is 4.36. The van der Waals surface area contributed by atoms with Crippen molar-refractivity contribution in [2.24, 2.45) is 11.1 Å². The van der Waals surface area contributed by atoms with Crippen LogP contribution >= 0.6 is 0 Å². The summed E-state index contributed by atoms with van der Waals surface area (Å²) in [5, 5.41) is 6.17. The molecular weight excluding hydrogens is 194 g/mol. The van der Waals surface area contributed by atoms with Crippen LogP contribution in [0.15, 0.2) is 6.33 Å². The van der Waals surface area contributed by atoms with Gasteiger partial charge in [-0.1, -0.05) is 13.8 Å². The minimum Gasteiger partial charge on any atom is -0.338 e. The van der Waals surface area contributed by atoms with Gasteiger partial charge >= 0.3 is 0 Å². The van der Waals surface area contributed by atoms with Gasteiger partial charge in [0.05, 0.1) is 0 Å². The lowest BCUT2D eigenvalue weighted by Gasteiger charge is -2.28. The largest absolute Gasteiger partial charge is 0.338 e. The number of H-pyrrole nitrogens is 1. The number of nitrogens with one attached hydrogen (secondary N) is 1. The zero-order valence-corrected chi connectivity index (χ0v) is 9.32. The lowest BCUT2D eigenvalue weighted by atomic mass is 9.93. The van der Waals surface area contributed by atoms with Crippen molar-refractivity contribution in [3.05, 3.63) is 12.2 Å². The Morgan fingerprint density at radius 2 is 2.33 bits per heavy atom. The number of aromatic nitrogens is 3. The quantitative estimate of drug-likeness (QED) is 0.725. The van der Waals surface area contributed by atoms with Crippen LogP contribution in [0.25, 0.3) is 0 Å². The number of hydrogen-bond donors (Lipinski definition) is 2. The van der Waals surface area contributed by atoms with E-state index in [-0.39, 0.29) is 17.1 Å². The molecule has 0 spiro atoms. The van der Waals surface area contributed by atoms with Crippen molar-refractivity contribution >= 4 is 5.91 Å². The summed E-state index contributed by atoms with van der Waals surface area (Å²) in [5.74, 6) is 0.0827. The van der Waals surface area contributed by atoms with E-state index in [0.29, 0.717) is 13.1 Å². The molecule has 15 heavy (non-hydrogen) atoms. The summed E-state index contributed by atoms with van der Waals surface area (Å²) in [7, 11) is 1.72. The van der Waals surface area contributed by atoms with Crippen LogP contribution in [0.4, 0.5) is 0 Å². The summed E-state index contributed by atoms with van der Waals surface area (Å²) in [5.41, 5.74) is 5.51. The maximum absolute atomic E-state index is 11.8. The third-order valence-electron chi connectivity index (χ3n) is 2.18. The van der Waals surface area contributed by atoms with Crippen LogP contribution in [0.3, 0.4) is 0 Å². The van der Waals surface area contributed by atoms with E-state index in [1.54, 1.807) is 11.9 Å². The maximum Gasteiger partial charge on any atom is 0.290 e. The van der Waals surface area contributed by atoms with Crippen LogP contribution < -0.4 is 5.73 Å². The third-order valence-corrected chi connectivity index (χ3v) is 2.18. The molecule has 0 atom stereocenters. The summed E-state index contributed by atoms with van der Waals surface area (Å²) >= 11 is 0. The minimum atomic E-state index is -0.172. The first kappa shape index (κ1) is 11.6. The molecule has 1 heterocycles. The van der Waals surface area contributed by atoms with Crippen LogP contribution in [0.5, 0.6) is 0 Å². The van der Waals surface area contributed by atoms with Gasteiger partial charge in [0.15, 0.2) is 0 Å². The second kappa shape index (κ2) is 4.39. The summed E-state index contributed by atoms with van der Waals surface area (Å²) in [6, 6.07) is 0. The van der Waals surface area contributed by atoms with Crippen LogP contribution in [-0.4, -0.2) is 46.1 Å². The Morgan fingerprint density at radius 3 is 2.80 bits per heavy atom. The van der Waals surface area contributed by atoms with E-state index in [4.69, 9.17) is 5.73 Å². The number of carbonyl (C=O) groups excluding carboxylic acids is 1. The molecule has 0 aromatic carbocycles. The van der Waals surface area contributed by atoms with Crippen LogP contribution in [0.2, 0.25) is 0 Å². The topological polar surface area (TPSA) is 87.9 Å². The smallest absolute Gasteiger partial charge is 0.290 e. The van der Waals surface area contributed by atoms with Gasteiger partial charge in [0.25, 0.3) is 5.91 Å². The zero-order valence-electron chi connectivity index (χ0n) is 9.32. The highest BCUT2D eigenvalue weighted by Gasteiger charge is 2.22. The van der Waals surface area contributed by atoms with Crippen molar-refractivity contribution in [1.82, 2.24) is 20.1 Å². The SMILES string of the molecule is CN(CC(C)(C)CN)C(=O)c1ncn[nH]1. The number of nitrogens with zero attached hydrogens (tertiary/aromatic N) is 3. The van der Waals surface area contributed by atoms with Gasteiger partial charge in [-0.25, -0.2) is 4.98 Å². The molecule has 0 bridgehead atoms. The fraction of sp³-hybridized carbons (Fsp3) is 0.667. The number of carbonyl (C=O) groups is 1. The molecule has 84 valence electrons. The average Bonchev–Trinajstić information content (AvgIpc) is 2.68. The Hall–Kier alpha value is -1.43. The molecule has 0 saturated heterocycles. The molecule has 0 saturated carbocycles. The van der Waals surface area contributed by atoms with E-state index in [1.165, 1.54) is 6.33 Å². The van der Waals surface area contributed by atoms with Gasteiger partial charge in [0.2, 0.25) is 5.82 Å². The molecule has 0 radical (unpaired) electrons. The Morgan fingerprint density at radius 1 is 1.67 bits per heavy atom. The molecule has 0 aliphatic heterocycles. The van der Waals surface area contributed by atoms with Gasteiger partial charge in [-0.15, -0.1) is 0 Å². The Labute approximate surface area is 88.9 Å². The van der Waals surface area contributed by atoms with E-state index in [9.17, 15) is 4.79 Å². The molecule has 1 aromatic heterocycles. The monoisotopic (exact) mass is 211 g/mol. The lowest BCUT2D eigenvalue weighted by Crippen LogP contribution is -2.40. The van der Waals surface area contributed by atoms with E-state index in [1.807, 2.05) is 13.8 Å². The van der Waals surface area contributed by atoms with Crippen LogP contribution in [-0.2, 0) is 0 Å². The molecule has 6 nitrogen and oxygen atoms in total. The molecule has 1 rings (SSSR count). The molecule has 3 N–H and O–H groups in total. The zero-order chi connectivity index (χ0) is 11.5. The van der Waals surface area contributed by atoms with Gasteiger partial charge in [-0.05, 0) is 12.0 Å². The molecule has 6 heteroatoms. The number of rotatable bonds is 4. The molecule has 1 amide bonds. The van der Waals surface area contributed by atoms with Crippen molar-refractivity contribution in [3.8, 4) is 0 Å². The molecule has 0 unspecified atom stereocenters. The van der Waals surface area contributed by atoms with Crippen molar-refractivity contribution in [1.29, 1.82) is 0 Å². The summed E-state index contributed by atoms with van der Waals surface area (Å²) in [6.07, 6.45) is 1.31. The summed E-state index contributed by atoms with van der Waals surface area (Å²) in [6.45, 7) is 5.14. The first-order valence-corrected chi connectivity index (χ1v) is 4.77. The third kappa shape index (κ3) is 3.02. The van der Waals surface area contributed by atoms with E-state index in [0.717, 1.165) is 0 Å². The van der Waals surface area contributed by atoms with Gasteiger partial charge in [0.1, 0.15) is 6.33 Å². The first-order valence-electron chi connectivity index (χ1n) is 4.77. The predicted octanol–water partition coefficient (Wildman–Crippen LogP) is -0.138. The van der Waals surface area contributed by atoms with E-state index >= 15 is 0 Å². The first-order chi connectivity index (χ1) is 6.96. The number of amides is 1. The number of nitrogens with two attached hydrogens (primary N) is 1. The second-order valence-corrected chi connectivity index (χ2v) is 4.36. The molecule has 0 aliphatic rings. The number of hydrogen-bond acceptors (Lipinski definition) is 4. The lowest BCUT2D eigenvalue weighted by molar-refractivity contribution is 0.0729. The maximum atomic E-state index is 11.8. The molecule has 0 aliphatic carbocycles. The highest BCUT2D eigenvalue weighted by atomic mass is 16.2. The Bertz CT molecular complexity index is 319. The van der Waals surface area contributed by atoms with E-state index < -0.39 is 0 Å². The highest BCUT2D eigenvalue weighted by molar-refractivity contribution is 5.90. The standard InChI is InChI=1S/C9H17N5O/c1-9(2,4-10)5-14(3)8(15)7-11-6-12-13-7/h6H,4-5,10H2,1-3H3,(H,11,12,13). The molecular formula is C9H17N5O. The van der Waals surface area contributed by atoms with Gasteiger partial charge < -0.3 is 10.6 Å². The van der Waals surface area contributed by atoms with Crippen molar-refractivity contribution in [2.75, 3.05) is 20.1 Å². The van der Waals surface area contributed by atoms with Gasteiger partial charge in [-0.3, -0.25) is 9.89 Å². The predicted molar refractivity (Wildman–Crippen MR) is 56.2 cm³/mol. The summed E-state index contributed by atoms with van der Waals surface area (Å²) < 4.78 is 0. The normalized spacial score (nSPS) is 11.5. The Balaban J connectivity index is 2.62. The fourth-order valence-electron chi connectivity index (χ4n) is 1.27. The van der Waals surface area contributed by atoms with E-state index in [2.05, 4.69) is 15.2 Å². The number of aromatic amines is 1. The van der Waals surface area contributed by atoms with Crippen molar-refractivity contribution in [3.63, 3.8) is 0 Å². The minimum absolute atomic E-state index is 0.0928. The Kier molecular flexibility index (Phi) is 3.41. The average molecular weight is 211 g/mol. The molecule has 0 fully saturated rings. The van der Waals surface area contributed by atoms with Crippen molar-refractivity contribution < 1.29 is 4.79 Å². The van der Waals surface area contributed by atoms with Gasteiger partial charge in [0, 0.05) is 13.6 Å². The van der Waals surface area contributed by atoms with Crippen molar-refractivity contribution in [2.45, 2.75) is 13.8 Å². The van der Waals surface area contributed by atoms with Gasteiger partial charge in [-0.2, -0.15) is 5.10 Å². The fourth-order valence-corrected chi connectivity index (χ4v) is 1.27. The highest BCUT2D eigenvalue weighted by Crippen LogP contribution is 2.14. The van der Waals surface area contributed by atoms with Crippen LogP contribution in [0.1, 0.15) is 24.5 Å². The summed E-state index contributed by atoms with van der Waals surface area (Å²) in [4.78, 5) is 17.1. The molecule has 1 aromatic rings. The van der Waals surface area contributed by atoms with Crippen LogP contribution in [0, 0.1) is 5.41 Å².